The van der Waals surface area contributed by atoms with Crippen molar-refractivity contribution in [3.8, 4) is 0 Å². The molecule has 2 N–H and O–H groups in total. The van der Waals surface area contributed by atoms with E-state index in [4.69, 9.17) is 10.1 Å². The van der Waals surface area contributed by atoms with Crippen LogP contribution in [0.15, 0.2) is 4.79 Å². The first-order chi connectivity index (χ1) is 11.0. The first-order valence-electron chi connectivity index (χ1n) is 8.08. The minimum atomic E-state index is -0.0300. The third-order valence-corrected chi connectivity index (χ3v) is 5.93. The van der Waals surface area contributed by atoms with Crippen molar-refractivity contribution in [1.29, 1.82) is 0 Å². The fourth-order valence-electron chi connectivity index (χ4n) is 3.16. The van der Waals surface area contributed by atoms with Crippen molar-refractivity contribution in [2.75, 3.05) is 39.3 Å². The summed E-state index contributed by atoms with van der Waals surface area (Å²) in [5.74, 6) is 0.749. The van der Waals surface area contributed by atoms with Crippen LogP contribution in [0.1, 0.15) is 29.2 Å². The number of H-pyrrole nitrogens is 1. The van der Waals surface area contributed by atoms with Gasteiger partial charge in [0.15, 0.2) is 0 Å². The molecule has 0 radical (unpaired) electrons. The lowest BCUT2D eigenvalue weighted by Gasteiger charge is -2.37. The quantitative estimate of drug-likeness (QED) is 0.880. The Labute approximate surface area is 139 Å². The number of aryl methyl sites for hydroxylation is 2. The maximum absolute atomic E-state index is 12.4. The molecule has 0 aliphatic carbocycles. The van der Waals surface area contributed by atoms with E-state index in [1.807, 2.05) is 13.8 Å². The van der Waals surface area contributed by atoms with E-state index in [0.29, 0.717) is 0 Å². The second kappa shape index (κ2) is 6.68. The van der Waals surface area contributed by atoms with Crippen LogP contribution in [0.3, 0.4) is 0 Å². The van der Waals surface area contributed by atoms with Crippen LogP contribution < -0.4 is 5.56 Å². The molecule has 0 spiro atoms. The summed E-state index contributed by atoms with van der Waals surface area (Å²) in [4.78, 5) is 26.7. The van der Waals surface area contributed by atoms with Gasteiger partial charge in [0, 0.05) is 37.6 Å². The Balaban J connectivity index is 1.82. The third kappa shape index (κ3) is 3.19. The summed E-state index contributed by atoms with van der Waals surface area (Å²) >= 11 is 1.59. The number of aliphatic hydroxyl groups is 1. The molecule has 1 aliphatic rings. The van der Waals surface area contributed by atoms with Crippen LogP contribution in [0, 0.1) is 13.8 Å². The Bertz CT molecular complexity index is 746. The molecule has 0 amide bonds. The van der Waals surface area contributed by atoms with Crippen LogP contribution in [0.2, 0.25) is 0 Å². The largest absolute Gasteiger partial charge is 0.395 e. The molecule has 0 unspecified atom stereocenters. The monoisotopic (exact) mass is 336 g/mol. The minimum Gasteiger partial charge on any atom is -0.395 e. The smallest absolute Gasteiger partial charge is 0.259 e. The number of rotatable bonds is 4. The van der Waals surface area contributed by atoms with Crippen molar-refractivity contribution in [3.05, 3.63) is 26.6 Å². The van der Waals surface area contributed by atoms with Gasteiger partial charge in [-0.1, -0.05) is 0 Å². The van der Waals surface area contributed by atoms with Gasteiger partial charge in [0.1, 0.15) is 10.7 Å². The molecule has 1 fully saturated rings. The highest BCUT2D eigenvalue weighted by atomic mass is 32.1. The average molecular weight is 336 g/mol. The van der Waals surface area contributed by atoms with Crippen molar-refractivity contribution < 1.29 is 5.11 Å². The summed E-state index contributed by atoms with van der Waals surface area (Å²) in [7, 11) is 0. The number of nitrogens with zero attached hydrogens (tertiary/aromatic N) is 3. The zero-order valence-electron chi connectivity index (χ0n) is 13.9. The second-order valence-electron chi connectivity index (χ2n) is 6.19. The maximum Gasteiger partial charge on any atom is 0.259 e. The van der Waals surface area contributed by atoms with E-state index in [-0.39, 0.29) is 18.2 Å². The summed E-state index contributed by atoms with van der Waals surface area (Å²) in [5.41, 5.74) is 1.01. The van der Waals surface area contributed by atoms with E-state index < -0.39 is 0 Å². The molecule has 1 aliphatic heterocycles. The molecule has 3 rings (SSSR count). The Morgan fingerprint density at radius 3 is 2.65 bits per heavy atom. The van der Waals surface area contributed by atoms with Crippen LogP contribution in [0.4, 0.5) is 0 Å². The van der Waals surface area contributed by atoms with Gasteiger partial charge in [-0.05, 0) is 26.3 Å². The Kier molecular flexibility index (Phi) is 4.82. The van der Waals surface area contributed by atoms with E-state index in [9.17, 15) is 4.79 Å². The van der Waals surface area contributed by atoms with Crippen molar-refractivity contribution in [2.45, 2.75) is 26.8 Å². The zero-order chi connectivity index (χ0) is 16.6. The number of fused-ring (bicyclic) bond motifs is 1. The first kappa shape index (κ1) is 16.6. The number of piperazine rings is 1. The molecule has 3 heterocycles. The van der Waals surface area contributed by atoms with Crippen LogP contribution in [-0.4, -0.2) is 64.2 Å². The van der Waals surface area contributed by atoms with Gasteiger partial charge in [0.05, 0.1) is 18.0 Å². The van der Waals surface area contributed by atoms with Gasteiger partial charge in [-0.15, -0.1) is 11.3 Å². The molecule has 0 aromatic carbocycles. The van der Waals surface area contributed by atoms with Gasteiger partial charge in [-0.2, -0.15) is 0 Å². The third-order valence-electron chi connectivity index (χ3n) is 4.82. The van der Waals surface area contributed by atoms with Gasteiger partial charge >= 0.3 is 0 Å². The highest BCUT2D eigenvalue weighted by Crippen LogP contribution is 2.27. The molecule has 126 valence electrons. The number of nitrogens with one attached hydrogen (secondary N) is 1. The number of aromatic amines is 1. The maximum atomic E-state index is 12.4. The lowest BCUT2D eigenvalue weighted by atomic mass is 10.2. The molecule has 6 nitrogen and oxygen atoms in total. The molecule has 1 atom stereocenters. The number of thiophene rings is 1. The topological polar surface area (TPSA) is 72.5 Å². The van der Waals surface area contributed by atoms with Gasteiger partial charge in [0.2, 0.25) is 0 Å². The first-order valence-corrected chi connectivity index (χ1v) is 8.90. The predicted molar refractivity (Wildman–Crippen MR) is 93.2 cm³/mol. The Morgan fingerprint density at radius 1 is 1.30 bits per heavy atom. The number of hydrogen-bond acceptors (Lipinski definition) is 6. The van der Waals surface area contributed by atoms with Crippen LogP contribution in [-0.2, 0) is 0 Å². The highest BCUT2D eigenvalue weighted by molar-refractivity contribution is 7.18. The molecular formula is C16H24N4O2S. The van der Waals surface area contributed by atoms with Gasteiger partial charge in [0.25, 0.3) is 5.56 Å². The Hall–Kier alpha value is -1.28. The summed E-state index contributed by atoms with van der Waals surface area (Å²) in [6.07, 6.45) is 0. The normalized spacial score (nSPS) is 18.6. The lowest BCUT2D eigenvalue weighted by Crippen LogP contribution is -2.48. The molecule has 7 heteroatoms. The summed E-state index contributed by atoms with van der Waals surface area (Å²) < 4.78 is 0. The lowest BCUT2D eigenvalue weighted by molar-refractivity contribution is 0.0862. The standard InChI is InChI=1S/C16H24N4O2S/c1-10-12(3)23-16-13(10)15(22)17-14(18-16)11(2)20-6-4-19(5-7-20)8-9-21/h11,21H,4-9H2,1-3H3,(H,17,18,22)/t11-/m1/s1. The van der Waals surface area contributed by atoms with Crippen molar-refractivity contribution in [2.24, 2.45) is 0 Å². The van der Waals surface area contributed by atoms with Crippen molar-refractivity contribution in [1.82, 2.24) is 19.8 Å². The minimum absolute atomic E-state index is 0.0300. The van der Waals surface area contributed by atoms with E-state index in [1.54, 1.807) is 11.3 Å². The number of hydrogen-bond donors (Lipinski definition) is 2. The number of aromatic nitrogens is 2. The fourth-order valence-corrected chi connectivity index (χ4v) is 4.19. The van der Waals surface area contributed by atoms with Gasteiger partial charge < -0.3 is 10.1 Å². The number of aliphatic hydroxyl groups excluding tert-OH is 1. The van der Waals surface area contributed by atoms with Gasteiger partial charge in [-0.25, -0.2) is 4.98 Å². The molecule has 2 aromatic heterocycles. The predicted octanol–water partition coefficient (Wildman–Crippen LogP) is 1.27. The summed E-state index contributed by atoms with van der Waals surface area (Å²) in [6.45, 7) is 10.8. The highest BCUT2D eigenvalue weighted by Gasteiger charge is 2.24. The van der Waals surface area contributed by atoms with Crippen LogP contribution in [0.25, 0.3) is 10.2 Å². The SMILES string of the molecule is Cc1sc2nc([C@@H](C)N3CCN(CCO)CC3)[nH]c(=O)c2c1C. The van der Waals surface area contributed by atoms with E-state index in [2.05, 4.69) is 21.7 Å². The second-order valence-corrected chi connectivity index (χ2v) is 7.39. The average Bonchev–Trinajstić information content (AvgIpc) is 2.82. The Morgan fingerprint density at radius 2 is 2.00 bits per heavy atom. The van der Waals surface area contributed by atoms with Crippen molar-refractivity contribution >= 4 is 21.6 Å². The molecule has 23 heavy (non-hydrogen) atoms. The molecule has 2 aromatic rings. The molecular weight excluding hydrogens is 312 g/mol. The fraction of sp³-hybridized carbons (Fsp3) is 0.625. The molecule has 0 saturated carbocycles. The molecule has 1 saturated heterocycles. The van der Waals surface area contributed by atoms with Gasteiger partial charge in [-0.3, -0.25) is 14.6 Å². The number of β-amino-alcohol motifs (C(OH)–C–C–N with tert-alkyl or cyclic N) is 1. The summed E-state index contributed by atoms with van der Waals surface area (Å²) in [6, 6.07) is 0.0890. The zero-order valence-corrected chi connectivity index (χ0v) is 14.7. The van der Waals surface area contributed by atoms with Crippen LogP contribution in [0.5, 0.6) is 0 Å². The van der Waals surface area contributed by atoms with Crippen LogP contribution >= 0.6 is 11.3 Å². The molecule has 0 bridgehead atoms. The van der Waals surface area contributed by atoms with Crippen molar-refractivity contribution in [3.63, 3.8) is 0 Å². The van der Waals surface area contributed by atoms with E-state index in [0.717, 1.165) is 59.2 Å². The van der Waals surface area contributed by atoms with E-state index >= 15 is 0 Å². The van der Waals surface area contributed by atoms with E-state index in [1.165, 1.54) is 0 Å². The summed E-state index contributed by atoms with van der Waals surface area (Å²) in [5, 5.41) is 9.76.